The molecular weight excluding hydrogens is 166 g/mol. The molecule has 0 aromatic heterocycles. The van der Waals surface area contributed by atoms with Crippen molar-refractivity contribution >= 4 is 0 Å². The molecule has 0 radical (unpaired) electrons. The average molecular weight is 185 g/mol. The van der Waals surface area contributed by atoms with Gasteiger partial charge >= 0.3 is 0 Å². The Labute approximate surface area is 79.4 Å². The van der Waals surface area contributed by atoms with Gasteiger partial charge in [-0.15, -0.1) is 0 Å². The van der Waals surface area contributed by atoms with Crippen LogP contribution in [0.15, 0.2) is 0 Å². The molecule has 2 aliphatic rings. The lowest BCUT2D eigenvalue weighted by atomic mass is 9.94. The Morgan fingerprint density at radius 1 is 1.46 bits per heavy atom. The van der Waals surface area contributed by atoms with Gasteiger partial charge in [-0.2, -0.15) is 0 Å². The molecule has 4 nitrogen and oxygen atoms in total. The Morgan fingerprint density at radius 2 is 2.23 bits per heavy atom. The Bertz CT molecular complexity index is 188. The lowest BCUT2D eigenvalue weighted by Gasteiger charge is -2.45. The number of ether oxygens (including phenoxy) is 1. The molecule has 0 aromatic carbocycles. The molecule has 2 rings (SSSR count). The first-order chi connectivity index (χ1) is 6.18. The Hall–Kier alpha value is -0.160. The summed E-state index contributed by atoms with van der Waals surface area (Å²) in [5, 5.41) is 3.28. The molecule has 2 heterocycles. The van der Waals surface area contributed by atoms with Crippen molar-refractivity contribution in [2.75, 3.05) is 13.7 Å². The third-order valence-electron chi connectivity index (χ3n) is 3.34. The minimum atomic E-state index is -0.0666. The van der Waals surface area contributed by atoms with E-state index in [1.165, 1.54) is 12.8 Å². The van der Waals surface area contributed by atoms with Crippen LogP contribution in [0.3, 0.4) is 0 Å². The zero-order valence-corrected chi connectivity index (χ0v) is 8.36. The van der Waals surface area contributed by atoms with Crippen molar-refractivity contribution in [3.05, 3.63) is 0 Å². The topological polar surface area (TPSA) is 50.5 Å². The maximum absolute atomic E-state index is 5.96. The fourth-order valence-corrected chi connectivity index (χ4v) is 1.97. The SMILES string of the molecule is C[C@@H]1CCC2CO[C@@H]2NC(N)N1C. The van der Waals surface area contributed by atoms with Crippen molar-refractivity contribution in [1.29, 1.82) is 0 Å². The van der Waals surface area contributed by atoms with Crippen LogP contribution < -0.4 is 11.1 Å². The second kappa shape index (κ2) is 3.53. The summed E-state index contributed by atoms with van der Waals surface area (Å²) in [7, 11) is 2.06. The average Bonchev–Trinajstić information content (AvgIpc) is 2.09. The highest BCUT2D eigenvalue weighted by Crippen LogP contribution is 2.26. The van der Waals surface area contributed by atoms with Crippen LogP contribution >= 0.6 is 0 Å². The lowest BCUT2D eigenvalue weighted by molar-refractivity contribution is -0.157. The molecule has 4 atom stereocenters. The summed E-state index contributed by atoms with van der Waals surface area (Å²) in [6.45, 7) is 3.13. The lowest BCUT2D eigenvalue weighted by Crippen LogP contribution is -2.63. The van der Waals surface area contributed by atoms with Gasteiger partial charge in [0.2, 0.25) is 0 Å². The quantitative estimate of drug-likeness (QED) is 0.553. The summed E-state index contributed by atoms with van der Waals surface area (Å²) >= 11 is 0. The van der Waals surface area contributed by atoms with E-state index in [4.69, 9.17) is 10.5 Å². The summed E-state index contributed by atoms with van der Waals surface area (Å²) < 4.78 is 5.41. The maximum Gasteiger partial charge on any atom is 0.115 e. The molecular formula is C9H19N3O. The normalized spacial score (nSPS) is 47.3. The molecule has 0 bridgehead atoms. The molecule has 0 spiro atoms. The minimum Gasteiger partial charge on any atom is -0.362 e. The smallest absolute Gasteiger partial charge is 0.115 e. The van der Waals surface area contributed by atoms with Crippen molar-refractivity contribution in [3.8, 4) is 0 Å². The van der Waals surface area contributed by atoms with Crippen LogP contribution in [0.25, 0.3) is 0 Å². The van der Waals surface area contributed by atoms with Crippen LogP contribution in [-0.2, 0) is 4.74 Å². The summed E-state index contributed by atoms with van der Waals surface area (Å²) in [6.07, 6.45) is 2.60. The van der Waals surface area contributed by atoms with Gasteiger partial charge in [0.25, 0.3) is 0 Å². The van der Waals surface area contributed by atoms with Crippen molar-refractivity contribution in [2.24, 2.45) is 11.7 Å². The molecule has 13 heavy (non-hydrogen) atoms. The first-order valence-electron chi connectivity index (χ1n) is 5.03. The number of nitrogens with one attached hydrogen (secondary N) is 1. The molecule has 3 N–H and O–H groups in total. The Kier molecular flexibility index (Phi) is 2.55. The largest absolute Gasteiger partial charge is 0.362 e. The van der Waals surface area contributed by atoms with Crippen molar-refractivity contribution in [2.45, 2.75) is 38.3 Å². The number of fused-ring (bicyclic) bond motifs is 1. The van der Waals surface area contributed by atoms with E-state index in [0.29, 0.717) is 12.0 Å². The summed E-state index contributed by atoms with van der Waals surface area (Å²) in [6, 6.07) is 0.559. The molecule has 0 aliphatic carbocycles. The van der Waals surface area contributed by atoms with Crippen LogP contribution in [0.4, 0.5) is 0 Å². The number of hydrogen-bond acceptors (Lipinski definition) is 4. The van der Waals surface area contributed by atoms with Crippen molar-refractivity contribution in [3.63, 3.8) is 0 Å². The Morgan fingerprint density at radius 3 is 2.85 bits per heavy atom. The van der Waals surface area contributed by atoms with E-state index in [9.17, 15) is 0 Å². The second-order valence-electron chi connectivity index (χ2n) is 4.22. The van der Waals surface area contributed by atoms with E-state index in [1.807, 2.05) is 0 Å². The summed E-state index contributed by atoms with van der Waals surface area (Å²) in [5.41, 5.74) is 5.96. The van der Waals surface area contributed by atoms with E-state index in [1.54, 1.807) is 0 Å². The molecule has 2 aliphatic heterocycles. The monoisotopic (exact) mass is 185 g/mol. The highest BCUT2D eigenvalue weighted by molar-refractivity contribution is 4.83. The molecule has 2 fully saturated rings. The van der Waals surface area contributed by atoms with Gasteiger partial charge in [-0.25, -0.2) is 0 Å². The zero-order chi connectivity index (χ0) is 9.42. The highest BCUT2D eigenvalue weighted by Gasteiger charge is 2.36. The van der Waals surface area contributed by atoms with Gasteiger partial charge in [0.1, 0.15) is 12.5 Å². The minimum absolute atomic E-state index is 0.0666. The zero-order valence-electron chi connectivity index (χ0n) is 8.36. The van der Waals surface area contributed by atoms with E-state index in [-0.39, 0.29) is 12.5 Å². The third-order valence-corrected chi connectivity index (χ3v) is 3.34. The van der Waals surface area contributed by atoms with Crippen molar-refractivity contribution < 1.29 is 4.74 Å². The van der Waals surface area contributed by atoms with Crippen LogP contribution in [0.5, 0.6) is 0 Å². The number of nitrogens with zero attached hydrogens (tertiary/aromatic N) is 1. The standard InChI is InChI=1S/C9H19N3O/c1-6-3-4-7-5-13-8(7)11-9(10)12(6)2/h6-9,11H,3-5,10H2,1-2H3/t6-,7?,8+,9?/m1/s1. The molecule has 0 aromatic rings. The molecule has 0 amide bonds. The molecule has 2 unspecified atom stereocenters. The van der Waals surface area contributed by atoms with Crippen molar-refractivity contribution in [1.82, 2.24) is 10.2 Å². The van der Waals surface area contributed by atoms with Crippen LogP contribution in [0.1, 0.15) is 19.8 Å². The summed E-state index contributed by atoms with van der Waals surface area (Å²) in [4.78, 5) is 2.16. The van der Waals surface area contributed by atoms with Crippen LogP contribution in [-0.4, -0.2) is 37.1 Å². The Balaban J connectivity index is 1.98. The van der Waals surface area contributed by atoms with Gasteiger partial charge in [0.05, 0.1) is 6.61 Å². The molecule has 76 valence electrons. The molecule has 0 saturated carbocycles. The number of nitrogens with two attached hydrogens (primary N) is 1. The van der Waals surface area contributed by atoms with Gasteiger partial charge in [0, 0.05) is 12.0 Å². The molecule has 2 saturated heterocycles. The van der Waals surface area contributed by atoms with E-state index >= 15 is 0 Å². The first-order valence-corrected chi connectivity index (χ1v) is 5.03. The second-order valence-corrected chi connectivity index (χ2v) is 4.22. The van der Waals surface area contributed by atoms with Gasteiger partial charge in [-0.05, 0) is 26.8 Å². The maximum atomic E-state index is 5.96. The fraction of sp³-hybridized carbons (Fsp3) is 1.00. The van der Waals surface area contributed by atoms with Gasteiger partial charge in [0.15, 0.2) is 0 Å². The van der Waals surface area contributed by atoms with Gasteiger partial charge in [-0.1, -0.05) is 0 Å². The number of rotatable bonds is 0. The van der Waals surface area contributed by atoms with E-state index in [0.717, 1.165) is 6.61 Å². The third kappa shape index (κ3) is 1.72. The van der Waals surface area contributed by atoms with Gasteiger partial charge in [-0.3, -0.25) is 10.2 Å². The van der Waals surface area contributed by atoms with E-state index < -0.39 is 0 Å². The fourth-order valence-electron chi connectivity index (χ4n) is 1.97. The number of hydrogen-bond donors (Lipinski definition) is 2. The summed E-state index contributed by atoms with van der Waals surface area (Å²) in [5.74, 6) is 0.683. The van der Waals surface area contributed by atoms with Gasteiger partial charge < -0.3 is 10.5 Å². The molecule has 4 heteroatoms. The highest BCUT2D eigenvalue weighted by atomic mass is 16.5. The van der Waals surface area contributed by atoms with Crippen LogP contribution in [0.2, 0.25) is 0 Å². The predicted molar refractivity (Wildman–Crippen MR) is 50.8 cm³/mol. The van der Waals surface area contributed by atoms with Crippen LogP contribution in [0, 0.1) is 5.92 Å². The predicted octanol–water partition coefficient (Wildman–Crippen LogP) is -0.0951. The van der Waals surface area contributed by atoms with E-state index in [2.05, 4.69) is 24.2 Å². The first kappa shape index (κ1) is 9.40.